The molecule has 1 aliphatic heterocycles. The van der Waals surface area contributed by atoms with Gasteiger partial charge in [-0.1, -0.05) is 36.1 Å². The molecule has 4 rings (SSSR count). The van der Waals surface area contributed by atoms with Gasteiger partial charge in [-0.15, -0.1) is 0 Å². The van der Waals surface area contributed by atoms with Crippen LogP contribution < -0.4 is 4.74 Å². The quantitative estimate of drug-likeness (QED) is 0.406. The van der Waals surface area contributed by atoms with E-state index in [4.69, 9.17) is 4.74 Å². The van der Waals surface area contributed by atoms with E-state index >= 15 is 0 Å². The van der Waals surface area contributed by atoms with E-state index < -0.39 is 21.1 Å². The van der Waals surface area contributed by atoms with Crippen LogP contribution in [0.5, 0.6) is 5.75 Å². The van der Waals surface area contributed by atoms with Crippen molar-refractivity contribution in [1.82, 2.24) is 14.1 Å². The number of ether oxygens (including phenoxy) is 1. The lowest BCUT2D eigenvalue weighted by atomic mass is 10.0. The lowest BCUT2D eigenvalue weighted by Crippen LogP contribution is -2.56. The molecule has 0 spiro atoms. The molecule has 8 heteroatoms. The van der Waals surface area contributed by atoms with Gasteiger partial charge >= 0.3 is 0 Å². The number of amides is 1. The maximum absolute atomic E-state index is 11.5. The molecule has 0 unspecified atom stereocenters. The first kappa shape index (κ1) is 23.8. The molecule has 3 aromatic rings. The van der Waals surface area contributed by atoms with E-state index in [1.54, 1.807) is 30.8 Å². The van der Waals surface area contributed by atoms with Gasteiger partial charge in [0.15, 0.2) is 0 Å². The van der Waals surface area contributed by atoms with Gasteiger partial charge in [0.05, 0.1) is 12.8 Å². The van der Waals surface area contributed by atoms with Gasteiger partial charge in [0.25, 0.3) is 0 Å². The molecule has 175 valence electrons. The normalized spacial score (nSPS) is 15.1. The molecule has 1 saturated heterocycles. The molecule has 2 heterocycles. The Kier molecular flexibility index (Phi) is 7.48. The summed E-state index contributed by atoms with van der Waals surface area (Å²) in [5.41, 5.74) is 2.97. The minimum Gasteiger partial charge on any atom is -0.495 e. The molecule has 2 atom stereocenters. The summed E-state index contributed by atoms with van der Waals surface area (Å²) < 4.78 is 9.54. The van der Waals surface area contributed by atoms with Gasteiger partial charge in [-0.05, 0) is 48.4 Å². The van der Waals surface area contributed by atoms with Crippen LogP contribution in [0.1, 0.15) is 37.4 Å². The average Bonchev–Trinajstić information content (AvgIpc) is 3.30. The van der Waals surface area contributed by atoms with Crippen molar-refractivity contribution in [1.29, 1.82) is 0 Å². The second-order valence-corrected chi connectivity index (χ2v) is 10.7. The Morgan fingerprint density at radius 2 is 1.85 bits per heavy atom. The van der Waals surface area contributed by atoms with Crippen molar-refractivity contribution in [3.05, 3.63) is 72.3 Å². The summed E-state index contributed by atoms with van der Waals surface area (Å²) in [6.07, 6.45) is 3.18. The highest BCUT2D eigenvalue weighted by Crippen LogP contribution is 2.24. The number of hydrogen-bond donors (Lipinski definition) is 2. The smallest absolute Gasteiger partial charge is 0.217 e. The fraction of sp³-hybridized carbons (Fsp3) is 0.308. The highest BCUT2D eigenvalue weighted by Gasteiger charge is 2.33. The van der Waals surface area contributed by atoms with Crippen LogP contribution in [0.3, 0.4) is 0 Å². The Morgan fingerprint density at radius 1 is 1.18 bits per heavy atom. The predicted octanol–water partition coefficient (Wildman–Crippen LogP) is 2.96. The van der Waals surface area contributed by atoms with E-state index in [1.807, 2.05) is 53.1 Å². The van der Waals surface area contributed by atoms with E-state index in [9.17, 15) is 15.0 Å². The number of aliphatic hydroxyl groups is 2. The number of aliphatic hydroxyl groups excluding tert-OH is 2. The molecule has 1 aliphatic rings. The van der Waals surface area contributed by atoms with Gasteiger partial charge in [-0.2, -0.15) is 0 Å². The number of nitrogens with zero attached hydrogens (tertiary/aromatic N) is 3. The molecular weight excluding hydrogens is 446 g/mol. The van der Waals surface area contributed by atoms with Crippen molar-refractivity contribution >= 4 is 14.9 Å². The van der Waals surface area contributed by atoms with E-state index in [-0.39, 0.29) is 12.5 Å². The summed E-state index contributed by atoms with van der Waals surface area (Å²) in [5.74, 6) is 7.60. The third-order valence-corrected chi connectivity index (χ3v) is 8.41. The third kappa shape index (κ3) is 5.39. The number of carbonyl (C=O) groups excluding carboxylic acids is 1. The van der Waals surface area contributed by atoms with Crippen molar-refractivity contribution in [2.75, 3.05) is 19.4 Å². The lowest BCUT2D eigenvalue weighted by Gasteiger charge is -2.38. The minimum absolute atomic E-state index is 0.144. The molecule has 1 aromatic heterocycles. The Labute approximate surface area is 201 Å². The van der Waals surface area contributed by atoms with Crippen LogP contribution in [-0.2, 0) is 4.79 Å². The van der Waals surface area contributed by atoms with Gasteiger partial charge < -0.3 is 24.1 Å². The van der Waals surface area contributed by atoms with Gasteiger partial charge in [0.1, 0.15) is 23.7 Å². The zero-order valence-electron chi connectivity index (χ0n) is 19.3. The first-order chi connectivity index (χ1) is 16.5. The summed E-state index contributed by atoms with van der Waals surface area (Å²) in [4.78, 5) is 15.7. The summed E-state index contributed by atoms with van der Waals surface area (Å²) in [7, 11) is -0.869. The maximum atomic E-state index is 11.5. The van der Waals surface area contributed by atoms with Crippen LogP contribution in [0.2, 0.25) is 6.04 Å². The van der Waals surface area contributed by atoms with Gasteiger partial charge in [-0.3, -0.25) is 4.79 Å². The minimum atomic E-state index is -0.869. The summed E-state index contributed by atoms with van der Waals surface area (Å²) in [6, 6.07) is 16.5. The van der Waals surface area contributed by atoms with E-state index in [1.165, 1.54) is 0 Å². The number of hydrogen-bond acceptors (Lipinski definition) is 5. The second kappa shape index (κ2) is 10.7. The van der Waals surface area contributed by atoms with Crippen LogP contribution in [0.4, 0.5) is 0 Å². The van der Waals surface area contributed by atoms with E-state index in [2.05, 4.69) is 16.8 Å². The van der Waals surface area contributed by atoms with Gasteiger partial charge in [0, 0.05) is 31.4 Å². The first-order valence-electron chi connectivity index (χ1n) is 11.3. The molecule has 1 radical (unpaired) electrons. The average molecular weight is 475 g/mol. The summed E-state index contributed by atoms with van der Waals surface area (Å²) in [6.45, 7) is 3.94. The van der Waals surface area contributed by atoms with Crippen molar-refractivity contribution in [3.8, 4) is 28.7 Å². The van der Waals surface area contributed by atoms with Crippen LogP contribution in [-0.4, -0.2) is 58.6 Å². The Morgan fingerprint density at radius 3 is 2.41 bits per heavy atom. The monoisotopic (exact) mass is 474 g/mol. The van der Waals surface area contributed by atoms with Crippen LogP contribution >= 0.6 is 0 Å². The van der Waals surface area contributed by atoms with Gasteiger partial charge in [-0.25, -0.2) is 4.98 Å². The Bertz CT molecular complexity index is 1180. The fourth-order valence-electron chi connectivity index (χ4n) is 3.85. The van der Waals surface area contributed by atoms with E-state index in [0.29, 0.717) is 12.1 Å². The second-order valence-electron chi connectivity index (χ2n) is 8.21. The topological polar surface area (TPSA) is 87.8 Å². The summed E-state index contributed by atoms with van der Waals surface area (Å²) >= 11 is 0. The summed E-state index contributed by atoms with van der Waals surface area (Å²) in [5, 5.41) is 19.6. The fourth-order valence-corrected chi connectivity index (χ4v) is 5.69. The molecule has 2 N–H and O–H groups in total. The number of benzene rings is 2. The maximum Gasteiger partial charge on any atom is 0.217 e. The lowest BCUT2D eigenvalue weighted by molar-refractivity contribution is -0.125. The standard InChI is InChI=1S/C26H28N3O4Si/c1-19(31)26-27-13-14-28(26)24(17-30)10-5-21-3-6-22(7-4-21)23-8-11-25(12-9-23)33-18-34-16-15-29(34)20(2)32/h3-4,6-9,11-14,19,24,30-31H,15-18H2,1-2H3/t19-,24-/m0/s1. The first-order valence-corrected chi connectivity index (χ1v) is 13.1. The van der Waals surface area contributed by atoms with E-state index in [0.717, 1.165) is 35.0 Å². The Hall–Kier alpha value is -3.38. The van der Waals surface area contributed by atoms with Crippen molar-refractivity contribution in [3.63, 3.8) is 0 Å². The molecule has 34 heavy (non-hydrogen) atoms. The van der Waals surface area contributed by atoms with Crippen LogP contribution in [0.25, 0.3) is 11.1 Å². The molecular formula is C26H28N3O4Si. The number of imidazole rings is 1. The van der Waals surface area contributed by atoms with Gasteiger partial charge in [0.2, 0.25) is 14.9 Å². The van der Waals surface area contributed by atoms with Crippen LogP contribution in [0, 0.1) is 11.8 Å². The van der Waals surface area contributed by atoms with Crippen molar-refractivity contribution in [2.24, 2.45) is 0 Å². The number of aromatic nitrogens is 2. The molecule has 1 amide bonds. The Balaban J connectivity index is 1.38. The molecule has 2 aromatic carbocycles. The van der Waals surface area contributed by atoms with Crippen molar-refractivity contribution in [2.45, 2.75) is 32.0 Å². The highest BCUT2D eigenvalue weighted by atomic mass is 28.3. The number of rotatable bonds is 7. The molecule has 1 fully saturated rings. The molecule has 0 aliphatic carbocycles. The van der Waals surface area contributed by atoms with Crippen molar-refractivity contribution < 1.29 is 19.7 Å². The third-order valence-electron chi connectivity index (χ3n) is 5.83. The predicted molar refractivity (Wildman–Crippen MR) is 131 cm³/mol. The zero-order chi connectivity index (χ0) is 24.1. The molecule has 7 nitrogen and oxygen atoms in total. The molecule has 0 bridgehead atoms. The SMILES string of the molecule is CC(=O)N1CC[Si]1COc1ccc(-c2ccc(C#C[C@@H](CO)n3ccnc3[C@H](C)O)cc2)cc1. The number of carbonyl (C=O) groups is 1. The highest BCUT2D eigenvalue weighted by molar-refractivity contribution is 6.61. The molecule has 0 saturated carbocycles. The van der Waals surface area contributed by atoms with Crippen LogP contribution in [0.15, 0.2) is 60.9 Å². The zero-order valence-corrected chi connectivity index (χ0v) is 20.3. The largest absolute Gasteiger partial charge is 0.495 e.